The minimum Gasteiger partial charge on any atom is -0.342 e. The van der Waals surface area contributed by atoms with E-state index >= 15 is 0 Å². The number of hydrogen-bond acceptors (Lipinski definition) is 3. The summed E-state index contributed by atoms with van der Waals surface area (Å²) in [7, 11) is 2.09. The predicted octanol–water partition coefficient (Wildman–Crippen LogP) is 3.69. The highest BCUT2D eigenvalue weighted by molar-refractivity contribution is 7.07. The Bertz CT molecular complexity index is 624. The Balaban J connectivity index is 1.80. The maximum absolute atomic E-state index is 4.64. The van der Waals surface area contributed by atoms with Crippen LogP contribution in [0.1, 0.15) is 12.5 Å². The van der Waals surface area contributed by atoms with Crippen LogP contribution >= 0.6 is 11.3 Å². The SMILES string of the molecule is CC(Cc1ccsc1)N(C)c1nc2ccccc2[nH]1. The third kappa shape index (κ3) is 2.49. The lowest BCUT2D eigenvalue weighted by molar-refractivity contribution is 0.670. The van der Waals surface area contributed by atoms with Crippen molar-refractivity contribution in [1.29, 1.82) is 0 Å². The Morgan fingerprint density at radius 3 is 2.89 bits per heavy atom. The van der Waals surface area contributed by atoms with Crippen molar-refractivity contribution >= 4 is 28.3 Å². The standard InChI is InChI=1S/C15H17N3S/c1-11(9-12-7-8-19-10-12)18(2)15-16-13-5-3-4-6-14(13)17-15/h3-8,10-11H,9H2,1-2H3,(H,16,17). The van der Waals surface area contributed by atoms with E-state index in [1.54, 1.807) is 11.3 Å². The smallest absolute Gasteiger partial charge is 0.203 e. The van der Waals surface area contributed by atoms with Gasteiger partial charge in [-0.25, -0.2) is 4.98 Å². The van der Waals surface area contributed by atoms with E-state index in [1.807, 2.05) is 18.2 Å². The molecule has 1 aromatic carbocycles. The summed E-state index contributed by atoms with van der Waals surface area (Å²) in [5.41, 5.74) is 3.50. The molecular formula is C15H17N3S. The van der Waals surface area contributed by atoms with Gasteiger partial charge in [0, 0.05) is 13.1 Å². The minimum absolute atomic E-state index is 0.412. The first kappa shape index (κ1) is 12.2. The van der Waals surface area contributed by atoms with Gasteiger partial charge in [-0.3, -0.25) is 0 Å². The molecule has 2 aromatic heterocycles. The van der Waals surface area contributed by atoms with Crippen LogP contribution in [0.3, 0.4) is 0 Å². The van der Waals surface area contributed by atoms with E-state index < -0.39 is 0 Å². The Morgan fingerprint density at radius 2 is 2.16 bits per heavy atom. The number of benzene rings is 1. The number of aromatic amines is 1. The van der Waals surface area contributed by atoms with Crippen molar-refractivity contribution in [2.24, 2.45) is 0 Å². The van der Waals surface area contributed by atoms with E-state index in [0.717, 1.165) is 23.4 Å². The number of anilines is 1. The fourth-order valence-electron chi connectivity index (χ4n) is 2.20. The molecule has 1 N–H and O–H groups in total. The quantitative estimate of drug-likeness (QED) is 0.784. The van der Waals surface area contributed by atoms with Crippen LogP contribution in [0.15, 0.2) is 41.1 Å². The van der Waals surface area contributed by atoms with E-state index in [0.29, 0.717) is 6.04 Å². The van der Waals surface area contributed by atoms with Gasteiger partial charge in [-0.1, -0.05) is 12.1 Å². The zero-order chi connectivity index (χ0) is 13.2. The van der Waals surface area contributed by atoms with E-state index in [1.165, 1.54) is 5.56 Å². The number of H-pyrrole nitrogens is 1. The van der Waals surface area contributed by atoms with E-state index in [2.05, 4.69) is 51.7 Å². The molecule has 3 nitrogen and oxygen atoms in total. The van der Waals surface area contributed by atoms with E-state index in [9.17, 15) is 0 Å². The number of thiophene rings is 1. The molecule has 19 heavy (non-hydrogen) atoms. The lowest BCUT2D eigenvalue weighted by Gasteiger charge is -2.24. The molecule has 1 atom stereocenters. The Morgan fingerprint density at radius 1 is 1.32 bits per heavy atom. The van der Waals surface area contributed by atoms with Crippen LogP contribution in [-0.4, -0.2) is 23.1 Å². The molecule has 3 rings (SSSR count). The third-order valence-corrected chi connectivity index (χ3v) is 4.22. The number of para-hydroxylation sites is 2. The fraction of sp³-hybridized carbons (Fsp3) is 0.267. The molecule has 0 bridgehead atoms. The van der Waals surface area contributed by atoms with Crippen LogP contribution in [-0.2, 0) is 6.42 Å². The van der Waals surface area contributed by atoms with Gasteiger partial charge in [0.25, 0.3) is 0 Å². The van der Waals surface area contributed by atoms with Crippen molar-refractivity contribution in [2.45, 2.75) is 19.4 Å². The number of fused-ring (bicyclic) bond motifs is 1. The van der Waals surface area contributed by atoms with E-state index in [4.69, 9.17) is 0 Å². The average Bonchev–Trinajstić information content (AvgIpc) is 3.05. The molecule has 4 heteroatoms. The number of rotatable bonds is 4. The largest absolute Gasteiger partial charge is 0.342 e. The Labute approximate surface area is 116 Å². The summed E-state index contributed by atoms with van der Waals surface area (Å²) < 4.78 is 0. The number of nitrogens with zero attached hydrogens (tertiary/aromatic N) is 2. The molecule has 0 radical (unpaired) electrons. The predicted molar refractivity (Wildman–Crippen MR) is 82.0 cm³/mol. The maximum Gasteiger partial charge on any atom is 0.203 e. The van der Waals surface area contributed by atoms with Crippen molar-refractivity contribution < 1.29 is 0 Å². The number of imidazole rings is 1. The van der Waals surface area contributed by atoms with Crippen molar-refractivity contribution in [3.8, 4) is 0 Å². The monoisotopic (exact) mass is 271 g/mol. The van der Waals surface area contributed by atoms with Gasteiger partial charge in [-0.2, -0.15) is 11.3 Å². The number of likely N-dealkylation sites (N-methyl/N-ethyl adjacent to an activating group) is 1. The van der Waals surface area contributed by atoms with Crippen LogP contribution < -0.4 is 4.90 Å². The summed E-state index contributed by atoms with van der Waals surface area (Å²) >= 11 is 1.75. The van der Waals surface area contributed by atoms with Crippen molar-refractivity contribution in [3.05, 3.63) is 46.7 Å². The first-order chi connectivity index (χ1) is 9.24. The summed E-state index contributed by atoms with van der Waals surface area (Å²) in [5, 5.41) is 4.34. The second-order valence-corrected chi connectivity index (χ2v) is 5.65. The lowest BCUT2D eigenvalue weighted by atomic mass is 10.1. The van der Waals surface area contributed by atoms with E-state index in [-0.39, 0.29) is 0 Å². The summed E-state index contributed by atoms with van der Waals surface area (Å²) in [6.45, 7) is 2.23. The molecule has 0 aliphatic rings. The molecule has 0 aliphatic carbocycles. The number of nitrogens with one attached hydrogen (secondary N) is 1. The Kier molecular flexibility index (Phi) is 3.25. The third-order valence-electron chi connectivity index (χ3n) is 3.48. The highest BCUT2D eigenvalue weighted by Gasteiger charge is 2.14. The molecule has 1 unspecified atom stereocenters. The lowest BCUT2D eigenvalue weighted by Crippen LogP contribution is -2.31. The van der Waals surface area contributed by atoms with Gasteiger partial charge in [0.1, 0.15) is 0 Å². The van der Waals surface area contributed by atoms with Crippen molar-refractivity contribution in [3.63, 3.8) is 0 Å². The average molecular weight is 271 g/mol. The van der Waals surface area contributed by atoms with Crippen LogP contribution in [0.25, 0.3) is 11.0 Å². The summed E-state index contributed by atoms with van der Waals surface area (Å²) in [6, 6.07) is 10.7. The highest BCUT2D eigenvalue weighted by Crippen LogP contribution is 2.19. The van der Waals surface area contributed by atoms with Gasteiger partial charge >= 0.3 is 0 Å². The van der Waals surface area contributed by atoms with Gasteiger partial charge in [0.2, 0.25) is 5.95 Å². The van der Waals surface area contributed by atoms with Gasteiger partial charge in [0.15, 0.2) is 0 Å². The second-order valence-electron chi connectivity index (χ2n) is 4.87. The van der Waals surface area contributed by atoms with Gasteiger partial charge in [-0.15, -0.1) is 0 Å². The molecule has 0 saturated heterocycles. The topological polar surface area (TPSA) is 31.9 Å². The van der Waals surface area contributed by atoms with Gasteiger partial charge < -0.3 is 9.88 Å². The molecular weight excluding hydrogens is 254 g/mol. The van der Waals surface area contributed by atoms with Crippen LogP contribution in [0, 0.1) is 0 Å². The van der Waals surface area contributed by atoms with Crippen molar-refractivity contribution in [2.75, 3.05) is 11.9 Å². The Hall–Kier alpha value is -1.81. The normalized spacial score (nSPS) is 12.7. The molecule has 0 amide bonds. The molecule has 0 fully saturated rings. The van der Waals surface area contributed by atoms with Gasteiger partial charge in [-0.05, 0) is 47.9 Å². The van der Waals surface area contributed by atoms with Crippen molar-refractivity contribution in [1.82, 2.24) is 9.97 Å². The first-order valence-electron chi connectivity index (χ1n) is 6.42. The zero-order valence-corrected chi connectivity index (χ0v) is 11.9. The summed E-state index contributed by atoms with van der Waals surface area (Å²) in [4.78, 5) is 10.2. The molecule has 2 heterocycles. The van der Waals surface area contributed by atoms with Crippen LogP contribution in [0.4, 0.5) is 5.95 Å². The van der Waals surface area contributed by atoms with Crippen LogP contribution in [0.5, 0.6) is 0 Å². The minimum atomic E-state index is 0.412. The second kappa shape index (κ2) is 5.05. The molecule has 0 saturated carbocycles. The summed E-state index contributed by atoms with van der Waals surface area (Å²) in [6.07, 6.45) is 1.04. The van der Waals surface area contributed by atoms with Gasteiger partial charge in [0.05, 0.1) is 11.0 Å². The zero-order valence-electron chi connectivity index (χ0n) is 11.1. The number of aromatic nitrogens is 2. The molecule has 0 spiro atoms. The fourth-order valence-corrected chi connectivity index (χ4v) is 2.88. The summed E-state index contributed by atoms with van der Waals surface area (Å²) in [5.74, 6) is 0.934. The molecule has 0 aliphatic heterocycles. The molecule has 3 aromatic rings. The molecule has 98 valence electrons. The van der Waals surface area contributed by atoms with Crippen LogP contribution in [0.2, 0.25) is 0 Å². The maximum atomic E-state index is 4.64. The highest BCUT2D eigenvalue weighted by atomic mass is 32.1. The first-order valence-corrected chi connectivity index (χ1v) is 7.37. The number of hydrogen-bond donors (Lipinski definition) is 1.